The van der Waals surface area contributed by atoms with E-state index in [1.165, 1.54) is 18.2 Å². The number of carbonyl (C=O) groups is 2. The molecule has 2 aliphatic carbocycles. The van der Waals surface area contributed by atoms with Crippen molar-refractivity contribution in [2.24, 2.45) is 21.4 Å². The molecule has 0 aliphatic heterocycles. The standard InChI is InChI=1S/C24H23Cl2N3O5/c1-22(2)23(3)9-10-24(22,21(31)27-18-12-15(25)7-8-17(18)26)13-19(23)28-34-20(30)14-5-4-6-16(11-14)29(32)33/h4-8,11-12H,9-10,13H2,1-3H3,(H,27,31)/b28-19+. The minimum atomic E-state index is -0.801. The Labute approximate surface area is 206 Å². The largest absolute Gasteiger partial charge is 0.365 e. The van der Waals surface area contributed by atoms with E-state index in [1.54, 1.807) is 18.2 Å². The molecule has 178 valence electrons. The summed E-state index contributed by atoms with van der Waals surface area (Å²) in [6, 6.07) is 10.1. The summed E-state index contributed by atoms with van der Waals surface area (Å²) in [5, 5.41) is 18.9. The van der Waals surface area contributed by atoms with E-state index in [4.69, 9.17) is 28.0 Å². The third kappa shape index (κ3) is 3.65. The maximum atomic E-state index is 13.6. The van der Waals surface area contributed by atoms with Crippen molar-refractivity contribution in [3.8, 4) is 0 Å². The molecule has 0 spiro atoms. The summed E-state index contributed by atoms with van der Waals surface area (Å²) in [6.45, 7) is 6.05. The first-order valence-corrected chi connectivity index (χ1v) is 11.5. The molecule has 2 saturated carbocycles. The van der Waals surface area contributed by atoms with Crippen LogP contribution in [0, 0.1) is 26.4 Å². The van der Waals surface area contributed by atoms with Crippen LogP contribution in [-0.2, 0) is 9.63 Å². The molecule has 0 radical (unpaired) electrons. The zero-order valence-corrected chi connectivity index (χ0v) is 20.4. The molecule has 34 heavy (non-hydrogen) atoms. The van der Waals surface area contributed by atoms with Crippen molar-refractivity contribution >= 4 is 52.2 Å². The number of nitrogens with zero attached hydrogens (tertiary/aromatic N) is 2. The Balaban J connectivity index is 1.60. The summed E-state index contributed by atoms with van der Waals surface area (Å²) in [6.07, 6.45) is 1.63. The first kappa shape index (κ1) is 24.2. The molecule has 2 aromatic carbocycles. The number of nitrogens with one attached hydrogen (secondary N) is 1. The van der Waals surface area contributed by atoms with E-state index >= 15 is 0 Å². The Bertz CT molecular complexity index is 1240. The quantitative estimate of drug-likeness (QED) is 0.293. The van der Waals surface area contributed by atoms with Gasteiger partial charge in [0, 0.05) is 29.0 Å². The summed E-state index contributed by atoms with van der Waals surface area (Å²) < 4.78 is 0. The number of hydrogen-bond donors (Lipinski definition) is 1. The Kier molecular flexibility index (Phi) is 5.94. The van der Waals surface area contributed by atoms with Crippen molar-refractivity contribution in [3.05, 3.63) is 68.2 Å². The number of hydrogen-bond acceptors (Lipinski definition) is 6. The number of amides is 1. The van der Waals surface area contributed by atoms with Gasteiger partial charge in [-0.1, -0.05) is 55.2 Å². The van der Waals surface area contributed by atoms with Gasteiger partial charge in [0.2, 0.25) is 5.91 Å². The second-order valence-electron chi connectivity index (χ2n) is 9.52. The van der Waals surface area contributed by atoms with Gasteiger partial charge in [-0.2, -0.15) is 0 Å². The van der Waals surface area contributed by atoms with E-state index < -0.39 is 27.1 Å². The maximum absolute atomic E-state index is 13.6. The molecular weight excluding hydrogens is 481 g/mol. The number of nitro benzene ring substituents is 1. The topological polar surface area (TPSA) is 111 Å². The third-order valence-electron chi connectivity index (χ3n) is 7.88. The number of anilines is 1. The lowest BCUT2D eigenvalue weighted by Gasteiger charge is -2.39. The van der Waals surface area contributed by atoms with E-state index in [-0.39, 0.29) is 17.2 Å². The van der Waals surface area contributed by atoms with Crippen LogP contribution in [0.1, 0.15) is 50.4 Å². The molecule has 2 fully saturated rings. The van der Waals surface area contributed by atoms with Crippen molar-refractivity contribution in [1.29, 1.82) is 0 Å². The number of fused-ring (bicyclic) bond motifs is 2. The lowest BCUT2D eigenvalue weighted by molar-refractivity contribution is -0.384. The van der Waals surface area contributed by atoms with Crippen LogP contribution in [0.2, 0.25) is 10.0 Å². The molecule has 2 atom stereocenters. The van der Waals surface area contributed by atoms with Crippen LogP contribution < -0.4 is 5.32 Å². The van der Waals surface area contributed by atoms with Gasteiger partial charge in [0.25, 0.3) is 5.69 Å². The van der Waals surface area contributed by atoms with Gasteiger partial charge in [-0.15, -0.1) is 0 Å². The highest BCUT2D eigenvalue weighted by Crippen LogP contribution is 2.71. The molecule has 8 nitrogen and oxygen atoms in total. The number of carbonyl (C=O) groups excluding carboxylic acids is 2. The predicted molar refractivity (Wildman–Crippen MR) is 129 cm³/mol. The lowest BCUT2D eigenvalue weighted by atomic mass is 9.64. The predicted octanol–water partition coefficient (Wildman–Crippen LogP) is 6.27. The normalized spacial score (nSPS) is 25.9. The fourth-order valence-electron chi connectivity index (χ4n) is 5.25. The van der Waals surface area contributed by atoms with Crippen molar-refractivity contribution in [1.82, 2.24) is 0 Å². The van der Waals surface area contributed by atoms with E-state index in [9.17, 15) is 19.7 Å². The Morgan fingerprint density at radius 1 is 1.12 bits per heavy atom. The fourth-order valence-corrected chi connectivity index (χ4v) is 5.59. The first-order chi connectivity index (χ1) is 15.9. The summed E-state index contributed by atoms with van der Waals surface area (Å²) >= 11 is 12.3. The van der Waals surface area contributed by atoms with Gasteiger partial charge in [0.05, 0.1) is 32.3 Å². The number of non-ortho nitro benzene ring substituents is 1. The average Bonchev–Trinajstić information content (AvgIpc) is 3.10. The highest BCUT2D eigenvalue weighted by Gasteiger charge is 2.71. The fraction of sp³-hybridized carbons (Fsp3) is 0.375. The van der Waals surface area contributed by atoms with E-state index in [1.807, 2.05) is 20.8 Å². The molecule has 2 aromatic rings. The van der Waals surface area contributed by atoms with Gasteiger partial charge >= 0.3 is 5.97 Å². The summed E-state index contributed by atoms with van der Waals surface area (Å²) in [5.41, 5.74) is -0.920. The highest BCUT2D eigenvalue weighted by atomic mass is 35.5. The maximum Gasteiger partial charge on any atom is 0.365 e. The van der Waals surface area contributed by atoms with Crippen LogP contribution in [-0.4, -0.2) is 22.5 Å². The van der Waals surface area contributed by atoms with E-state index in [0.717, 1.165) is 6.07 Å². The van der Waals surface area contributed by atoms with Gasteiger partial charge in [-0.25, -0.2) is 4.79 Å². The number of rotatable bonds is 5. The number of nitro groups is 1. The zero-order chi connectivity index (χ0) is 24.9. The Hall–Kier alpha value is -2.97. The molecule has 4 rings (SSSR count). The van der Waals surface area contributed by atoms with Crippen molar-refractivity contribution in [3.63, 3.8) is 0 Å². The van der Waals surface area contributed by atoms with E-state index in [0.29, 0.717) is 40.7 Å². The van der Waals surface area contributed by atoms with Gasteiger partial charge in [0.1, 0.15) is 0 Å². The van der Waals surface area contributed by atoms with Crippen LogP contribution in [0.3, 0.4) is 0 Å². The van der Waals surface area contributed by atoms with Gasteiger partial charge in [0.15, 0.2) is 0 Å². The van der Waals surface area contributed by atoms with Crippen LogP contribution in [0.25, 0.3) is 0 Å². The van der Waals surface area contributed by atoms with Gasteiger partial charge in [-0.05, 0) is 42.5 Å². The summed E-state index contributed by atoms with van der Waals surface area (Å²) in [4.78, 5) is 41.7. The molecule has 2 aliphatic rings. The minimum Gasteiger partial charge on any atom is -0.324 e. The Morgan fingerprint density at radius 3 is 2.56 bits per heavy atom. The molecule has 0 aromatic heterocycles. The number of oxime groups is 1. The van der Waals surface area contributed by atoms with Crippen molar-refractivity contribution in [2.45, 2.75) is 40.0 Å². The molecule has 1 N–H and O–H groups in total. The first-order valence-electron chi connectivity index (χ1n) is 10.7. The second-order valence-corrected chi connectivity index (χ2v) is 10.4. The zero-order valence-electron chi connectivity index (χ0n) is 18.9. The number of halogens is 2. The summed E-state index contributed by atoms with van der Waals surface area (Å²) in [7, 11) is 0. The van der Waals surface area contributed by atoms with Crippen molar-refractivity contribution < 1.29 is 19.3 Å². The molecule has 0 heterocycles. The highest BCUT2D eigenvalue weighted by molar-refractivity contribution is 6.35. The molecule has 2 bridgehead atoms. The molecular formula is C24H23Cl2N3O5. The summed E-state index contributed by atoms with van der Waals surface area (Å²) in [5.74, 6) is -0.995. The number of benzene rings is 2. The third-order valence-corrected chi connectivity index (χ3v) is 8.44. The second kappa shape index (κ2) is 8.36. The van der Waals surface area contributed by atoms with E-state index in [2.05, 4.69) is 10.5 Å². The average molecular weight is 504 g/mol. The van der Waals surface area contributed by atoms with Crippen molar-refractivity contribution in [2.75, 3.05) is 5.32 Å². The van der Waals surface area contributed by atoms with Crippen LogP contribution >= 0.6 is 23.2 Å². The van der Waals surface area contributed by atoms with Crippen LogP contribution in [0.15, 0.2) is 47.6 Å². The molecule has 10 heteroatoms. The van der Waals surface area contributed by atoms with Gasteiger partial charge < -0.3 is 10.2 Å². The van der Waals surface area contributed by atoms with Gasteiger partial charge in [-0.3, -0.25) is 14.9 Å². The van der Waals surface area contributed by atoms with Crippen LogP contribution in [0.4, 0.5) is 11.4 Å². The SMILES string of the molecule is CC12CCC(C(=O)Nc3cc(Cl)ccc3Cl)(C/C1=N\OC(=O)c1cccc([N+](=O)[O-])c1)C2(C)C. The van der Waals surface area contributed by atoms with Crippen LogP contribution in [0.5, 0.6) is 0 Å². The minimum absolute atomic E-state index is 0.0224. The monoisotopic (exact) mass is 503 g/mol. The smallest absolute Gasteiger partial charge is 0.324 e. The lowest BCUT2D eigenvalue weighted by Crippen LogP contribution is -2.43. The Morgan fingerprint density at radius 2 is 1.85 bits per heavy atom. The molecule has 2 unspecified atom stereocenters. The molecule has 0 saturated heterocycles. The molecule has 1 amide bonds.